The fraction of sp³-hybridized carbons (Fsp3) is 0.318. The molecule has 2 aromatic rings. The van der Waals surface area contributed by atoms with E-state index in [1.54, 1.807) is 60.5 Å². The molecule has 6 heteroatoms. The van der Waals surface area contributed by atoms with E-state index in [1.807, 2.05) is 0 Å². The van der Waals surface area contributed by atoms with Crippen LogP contribution in [-0.4, -0.2) is 42.7 Å². The SMILES string of the molecule is COc1cccc(C(=O)N2CCC(C(=O)Nc3ccc(C(C)=O)cc3)CC2)c1. The highest BCUT2D eigenvalue weighted by Gasteiger charge is 2.28. The highest BCUT2D eigenvalue weighted by molar-refractivity contribution is 5.97. The molecule has 0 aromatic heterocycles. The Morgan fingerprint density at radius 3 is 2.29 bits per heavy atom. The zero-order chi connectivity index (χ0) is 20.1. The van der Waals surface area contributed by atoms with E-state index in [1.165, 1.54) is 6.92 Å². The lowest BCUT2D eigenvalue weighted by atomic mass is 9.95. The van der Waals surface area contributed by atoms with Gasteiger partial charge < -0.3 is 15.0 Å². The van der Waals surface area contributed by atoms with Crippen LogP contribution in [0.1, 0.15) is 40.5 Å². The summed E-state index contributed by atoms with van der Waals surface area (Å²) in [4.78, 5) is 38.3. The van der Waals surface area contributed by atoms with Crippen molar-refractivity contribution in [3.05, 3.63) is 59.7 Å². The molecule has 28 heavy (non-hydrogen) atoms. The van der Waals surface area contributed by atoms with Crippen LogP contribution >= 0.6 is 0 Å². The normalized spacial score (nSPS) is 14.4. The number of carbonyl (C=O) groups is 3. The molecule has 0 unspecified atom stereocenters. The highest BCUT2D eigenvalue weighted by atomic mass is 16.5. The molecule has 0 spiro atoms. The topological polar surface area (TPSA) is 75.7 Å². The van der Waals surface area contributed by atoms with Crippen LogP contribution in [0.15, 0.2) is 48.5 Å². The number of nitrogens with zero attached hydrogens (tertiary/aromatic N) is 1. The molecule has 0 aliphatic carbocycles. The van der Waals surface area contributed by atoms with Gasteiger partial charge in [0.05, 0.1) is 7.11 Å². The maximum absolute atomic E-state index is 12.7. The molecule has 2 amide bonds. The average Bonchev–Trinajstić information content (AvgIpc) is 2.73. The maximum atomic E-state index is 12.7. The number of ether oxygens (including phenoxy) is 1. The molecule has 0 saturated carbocycles. The Balaban J connectivity index is 1.54. The van der Waals surface area contributed by atoms with Crippen molar-refractivity contribution in [1.29, 1.82) is 0 Å². The van der Waals surface area contributed by atoms with Crippen LogP contribution < -0.4 is 10.1 Å². The molecule has 1 fully saturated rings. The van der Waals surface area contributed by atoms with Crippen molar-refractivity contribution in [3.63, 3.8) is 0 Å². The quantitative estimate of drug-likeness (QED) is 0.807. The van der Waals surface area contributed by atoms with E-state index >= 15 is 0 Å². The first kappa shape index (κ1) is 19.6. The van der Waals surface area contributed by atoms with Gasteiger partial charge in [-0.3, -0.25) is 14.4 Å². The lowest BCUT2D eigenvalue weighted by molar-refractivity contribution is -0.121. The minimum Gasteiger partial charge on any atom is -0.497 e. The summed E-state index contributed by atoms with van der Waals surface area (Å²) in [7, 11) is 1.57. The van der Waals surface area contributed by atoms with Crippen LogP contribution in [0.25, 0.3) is 0 Å². The molecule has 1 heterocycles. The van der Waals surface area contributed by atoms with Gasteiger partial charge in [0.2, 0.25) is 5.91 Å². The van der Waals surface area contributed by atoms with Crippen LogP contribution in [0.4, 0.5) is 5.69 Å². The van der Waals surface area contributed by atoms with E-state index in [-0.39, 0.29) is 23.5 Å². The Kier molecular flexibility index (Phi) is 6.09. The number of benzene rings is 2. The number of hydrogen-bond donors (Lipinski definition) is 1. The number of carbonyl (C=O) groups excluding carboxylic acids is 3. The van der Waals surface area contributed by atoms with Crippen molar-refractivity contribution in [3.8, 4) is 5.75 Å². The summed E-state index contributed by atoms with van der Waals surface area (Å²) in [5, 5.41) is 2.90. The van der Waals surface area contributed by atoms with Crippen molar-refractivity contribution >= 4 is 23.3 Å². The van der Waals surface area contributed by atoms with Crippen molar-refractivity contribution in [2.45, 2.75) is 19.8 Å². The molecule has 1 aliphatic heterocycles. The number of piperidine rings is 1. The van der Waals surface area contributed by atoms with Crippen molar-refractivity contribution in [2.24, 2.45) is 5.92 Å². The molecular weight excluding hydrogens is 356 g/mol. The Morgan fingerprint density at radius 2 is 1.68 bits per heavy atom. The summed E-state index contributed by atoms with van der Waals surface area (Å²) in [6, 6.07) is 14.0. The van der Waals surface area contributed by atoms with Crippen molar-refractivity contribution < 1.29 is 19.1 Å². The van der Waals surface area contributed by atoms with Gasteiger partial charge in [0.25, 0.3) is 5.91 Å². The minimum absolute atomic E-state index is 0.00838. The lowest BCUT2D eigenvalue weighted by Gasteiger charge is -2.31. The third kappa shape index (κ3) is 4.57. The van der Waals surface area contributed by atoms with Crippen molar-refractivity contribution in [1.82, 2.24) is 4.90 Å². The standard InChI is InChI=1S/C22H24N2O4/c1-15(25)16-6-8-19(9-7-16)23-21(26)17-10-12-24(13-11-17)22(27)18-4-3-5-20(14-18)28-2/h3-9,14,17H,10-13H2,1-2H3,(H,23,26). The largest absolute Gasteiger partial charge is 0.497 e. The van der Waals surface area contributed by atoms with Gasteiger partial charge in [-0.2, -0.15) is 0 Å². The number of amides is 2. The van der Waals surface area contributed by atoms with E-state index in [9.17, 15) is 14.4 Å². The van der Waals surface area contributed by atoms with Gasteiger partial charge in [0.1, 0.15) is 5.75 Å². The third-order valence-corrected chi connectivity index (χ3v) is 5.03. The van der Waals surface area contributed by atoms with Gasteiger partial charge in [-0.05, 0) is 62.2 Å². The molecular formula is C22H24N2O4. The highest BCUT2D eigenvalue weighted by Crippen LogP contribution is 2.22. The van der Waals surface area contributed by atoms with Crippen LogP contribution in [0, 0.1) is 5.92 Å². The number of rotatable bonds is 5. The van der Waals surface area contributed by atoms with E-state index in [2.05, 4.69) is 5.32 Å². The molecule has 3 rings (SSSR count). The fourth-order valence-corrected chi connectivity index (χ4v) is 3.32. The third-order valence-electron chi connectivity index (χ3n) is 5.03. The summed E-state index contributed by atoms with van der Waals surface area (Å²) in [6.07, 6.45) is 1.24. The summed E-state index contributed by atoms with van der Waals surface area (Å²) in [5.41, 5.74) is 1.88. The van der Waals surface area contributed by atoms with E-state index in [4.69, 9.17) is 4.74 Å². The number of nitrogens with one attached hydrogen (secondary N) is 1. The molecule has 1 N–H and O–H groups in total. The van der Waals surface area contributed by atoms with Gasteiger partial charge in [-0.1, -0.05) is 6.07 Å². The van der Waals surface area contributed by atoms with Gasteiger partial charge in [0, 0.05) is 35.8 Å². The molecule has 0 bridgehead atoms. The summed E-state index contributed by atoms with van der Waals surface area (Å²) in [5.74, 6) is 0.408. The Labute approximate surface area is 164 Å². The predicted octanol–water partition coefficient (Wildman–Crippen LogP) is 3.39. The second-order valence-corrected chi connectivity index (χ2v) is 6.92. The molecule has 1 saturated heterocycles. The number of methoxy groups -OCH3 is 1. The van der Waals surface area contributed by atoms with E-state index < -0.39 is 0 Å². The Morgan fingerprint density at radius 1 is 1.00 bits per heavy atom. The number of ketones is 1. The Bertz CT molecular complexity index is 868. The van der Waals surface area contributed by atoms with Crippen LogP contribution in [0.3, 0.4) is 0 Å². The zero-order valence-corrected chi connectivity index (χ0v) is 16.1. The fourth-order valence-electron chi connectivity index (χ4n) is 3.32. The van der Waals surface area contributed by atoms with E-state index in [0.717, 1.165) is 0 Å². The van der Waals surface area contributed by atoms with E-state index in [0.29, 0.717) is 48.5 Å². The monoisotopic (exact) mass is 380 g/mol. The summed E-state index contributed by atoms with van der Waals surface area (Å²) >= 11 is 0. The zero-order valence-electron chi connectivity index (χ0n) is 16.1. The van der Waals surface area contributed by atoms with Gasteiger partial charge >= 0.3 is 0 Å². The number of anilines is 1. The first-order valence-corrected chi connectivity index (χ1v) is 9.33. The molecule has 6 nitrogen and oxygen atoms in total. The number of likely N-dealkylation sites (tertiary alicyclic amines) is 1. The van der Waals surface area contributed by atoms with Gasteiger partial charge in [-0.25, -0.2) is 0 Å². The predicted molar refractivity (Wildman–Crippen MR) is 107 cm³/mol. The van der Waals surface area contributed by atoms with Gasteiger partial charge in [0.15, 0.2) is 5.78 Å². The molecule has 1 aliphatic rings. The summed E-state index contributed by atoms with van der Waals surface area (Å²) < 4.78 is 5.18. The van der Waals surface area contributed by atoms with Crippen LogP contribution in [0.5, 0.6) is 5.75 Å². The first-order valence-electron chi connectivity index (χ1n) is 9.33. The molecule has 0 atom stereocenters. The summed E-state index contributed by atoms with van der Waals surface area (Å²) in [6.45, 7) is 2.59. The molecule has 2 aromatic carbocycles. The molecule has 146 valence electrons. The van der Waals surface area contributed by atoms with Crippen molar-refractivity contribution in [2.75, 3.05) is 25.5 Å². The van der Waals surface area contributed by atoms with Gasteiger partial charge in [-0.15, -0.1) is 0 Å². The van der Waals surface area contributed by atoms with Crippen LogP contribution in [0.2, 0.25) is 0 Å². The second kappa shape index (κ2) is 8.69. The lowest BCUT2D eigenvalue weighted by Crippen LogP contribution is -2.41. The average molecular weight is 380 g/mol. The first-order chi connectivity index (χ1) is 13.5. The maximum Gasteiger partial charge on any atom is 0.253 e. The smallest absolute Gasteiger partial charge is 0.253 e. The number of Topliss-reactive ketones (excluding diaryl/α,β-unsaturated/α-hetero) is 1. The Hall–Kier alpha value is -3.15. The second-order valence-electron chi connectivity index (χ2n) is 6.92. The molecule has 0 radical (unpaired) electrons. The minimum atomic E-state index is -0.137. The van der Waals surface area contributed by atoms with Crippen LogP contribution in [-0.2, 0) is 4.79 Å². The number of hydrogen-bond acceptors (Lipinski definition) is 4.